The number of nitrogens with two attached hydrogens (primary N) is 1. The topological polar surface area (TPSA) is 84.7 Å². The Morgan fingerprint density at radius 3 is 2.77 bits per heavy atom. The van der Waals surface area contributed by atoms with Gasteiger partial charge in [-0.05, 0) is 34.5 Å². The molecular weight excluding hydrogens is 398 g/mol. The Morgan fingerprint density at radius 1 is 1.23 bits per heavy atom. The maximum Gasteiger partial charge on any atom is 0.245 e. The zero-order chi connectivity index (χ0) is 18.1. The van der Waals surface area contributed by atoms with Gasteiger partial charge in [0.1, 0.15) is 0 Å². The third kappa shape index (κ3) is 1.90. The molecule has 26 heavy (non-hydrogen) atoms. The number of nitrogens with zero attached hydrogens (tertiary/aromatic N) is 1. The van der Waals surface area contributed by atoms with Crippen LogP contribution >= 0.6 is 15.9 Å². The fraction of sp³-hybridized carbons (Fsp3) is 0.263. The molecule has 2 amide bonds. The largest absolute Gasteiger partial charge is 0.398 e. The number of rotatable bonds is 1. The number of anilines is 2. The van der Waals surface area contributed by atoms with Crippen molar-refractivity contribution in [1.29, 1.82) is 0 Å². The van der Waals surface area contributed by atoms with Gasteiger partial charge < -0.3 is 20.7 Å². The molecular formula is C19H16BrN3O3. The average Bonchev–Trinajstić information content (AvgIpc) is 3.25. The third-order valence-electron chi connectivity index (χ3n) is 5.55. The lowest BCUT2D eigenvalue weighted by Gasteiger charge is -2.26. The molecule has 3 aliphatic heterocycles. The molecule has 132 valence electrons. The Bertz CT molecular complexity index is 949. The summed E-state index contributed by atoms with van der Waals surface area (Å²) in [5, 5.41) is 2.84. The van der Waals surface area contributed by atoms with Crippen LogP contribution in [0.1, 0.15) is 23.8 Å². The molecule has 0 radical (unpaired) electrons. The van der Waals surface area contributed by atoms with E-state index in [2.05, 4.69) is 21.2 Å². The molecule has 0 unspecified atom stereocenters. The van der Waals surface area contributed by atoms with Crippen LogP contribution in [0.5, 0.6) is 0 Å². The lowest BCUT2D eigenvalue weighted by Crippen LogP contribution is -2.43. The molecule has 6 nitrogen and oxygen atoms in total. The fourth-order valence-corrected chi connectivity index (χ4v) is 4.68. The van der Waals surface area contributed by atoms with Crippen LogP contribution in [0.2, 0.25) is 0 Å². The van der Waals surface area contributed by atoms with E-state index in [1.807, 2.05) is 30.3 Å². The molecule has 1 spiro atoms. The lowest BCUT2D eigenvalue weighted by atomic mass is 9.79. The monoisotopic (exact) mass is 413 g/mol. The maximum absolute atomic E-state index is 13.5. The van der Waals surface area contributed by atoms with Crippen molar-refractivity contribution in [2.75, 3.05) is 17.7 Å². The number of halogens is 1. The quantitative estimate of drug-likeness (QED) is 0.555. The minimum atomic E-state index is -1.20. The second-order valence-electron chi connectivity index (χ2n) is 6.95. The number of ether oxygens (including phenoxy) is 1. The molecule has 3 N–H and O–H groups in total. The lowest BCUT2D eigenvalue weighted by molar-refractivity contribution is -0.142. The van der Waals surface area contributed by atoms with Gasteiger partial charge in [-0.15, -0.1) is 0 Å². The molecule has 0 saturated carbocycles. The second-order valence-corrected chi connectivity index (χ2v) is 7.80. The number of hydrogen-bond donors (Lipinski definition) is 2. The van der Waals surface area contributed by atoms with E-state index >= 15 is 0 Å². The first-order chi connectivity index (χ1) is 12.5. The number of carbonyl (C=O) groups is 2. The SMILES string of the molecule is Nc1cc2c(cc1Br)[C@]1(C[C@@H]3CO[C@@H](c4ccccc4)N3C1=O)C(=O)N2. The molecule has 3 atom stereocenters. The van der Waals surface area contributed by atoms with Crippen LogP contribution in [0.4, 0.5) is 11.4 Å². The summed E-state index contributed by atoms with van der Waals surface area (Å²) in [5.74, 6) is -0.488. The van der Waals surface area contributed by atoms with Crippen molar-refractivity contribution >= 4 is 39.1 Å². The van der Waals surface area contributed by atoms with Crippen molar-refractivity contribution in [3.05, 3.63) is 58.1 Å². The summed E-state index contributed by atoms with van der Waals surface area (Å²) < 4.78 is 6.57. The first kappa shape index (κ1) is 15.8. The number of hydrogen-bond acceptors (Lipinski definition) is 4. The highest BCUT2D eigenvalue weighted by Crippen LogP contribution is 2.52. The van der Waals surface area contributed by atoms with E-state index in [1.54, 1.807) is 17.0 Å². The normalized spacial score (nSPS) is 29.2. The number of amides is 2. The van der Waals surface area contributed by atoms with E-state index < -0.39 is 11.6 Å². The first-order valence-corrected chi connectivity index (χ1v) is 9.22. The van der Waals surface area contributed by atoms with Gasteiger partial charge in [0.25, 0.3) is 0 Å². The van der Waals surface area contributed by atoms with Crippen LogP contribution in [0.25, 0.3) is 0 Å². The molecule has 0 bridgehead atoms. The summed E-state index contributed by atoms with van der Waals surface area (Å²) in [6.45, 7) is 0.422. The molecule has 2 saturated heterocycles. The first-order valence-electron chi connectivity index (χ1n) is 8.42. The van der Waals surface area contributed by atoms with Crippen LogP contribution in [0.3, 0.4) is 0 Å². The molecule has 0 aliphatic carbocycles. The van der Waals surface area contributed by atoms with Gasteiger partial charge in [0, 0.05) is 27.0 Å². The average molecular weight is 414 g/mol. The van der Waals surface area contributed by atoms with Gasteiger partial charge in [0.15, 0.2) is 11.6 Å². The van der Waals surface area contributed by atoms with Gasteiger partial charge in [-0.3, -0.25) is 9.59 Å². The summed E-state index contributed by atoms with van der Waals surface area (Å²) in [6.07, 6.45) is -0.0492. The summed E-state index contributed by atoms with van der Waals surface area (Å²) in [7, 11) is 0. The van der Waals surface area contributed by atoms with Gasteiger partial charge in [0.05, 0.1) is 12.6 Å². The second kappa shape index (κ2) is 5.31. The highest BCUT2D eigenvalue weighted by Gasteiger charge is 2.64. The summed E-state index contributed by atoms with van der Waals surface area (Å²) >= 11 is 3.42. The third-order valence-corrected chi connectivity index (χ3v) is 6.24. The van der Waals surface area contributed by atoms with Gasteiger partial charge in [-0.2, -0.15) is 0 Å². The van der Waals surface area contributed by atoms with Crippen LogP contribution in [-0.2, 0) is 19.7 Å². The van der Waals surface area contributed by atoms with Crippen molar-refractivity contribution in [3.8, 4) is 0 Å². The van der Waals surface area contributed by atoms with Crippen molar-refractivity contribution in [3.63, 3.8) is 0 Å². The minimum Gasteiger partial charge on any atom is -0.398 e. The molecule has 3 aliphatic rings. The molecule has 5 rings (SSSR count). The van der Waals surface area contributed by atoms with E-state index in [1.165, 1.54) is 0 Å². The van der Waals surface area contributed by atoms with Crippen LogP contribution in [0.15, 0.2) is 46.9 Å². The highest BCUT2D eigenvalue weighted by atomic mass is 79.9. The van der Waals surface area contributed by atoms with E-state index in [0.717, 1.165) is 5.56 Å². The molecule has 2 fully saturated rings. The van der Waals surface area contributed by atoms with E-state index in [4.69, 9.17) is 10.5 Å². The summed E-state index contributed by atoms with van der Waals surface area (Å²) in [6, 6.07) is 13.0. The summed E-state index contributed by atoms with van der Waals surface area (Å²) in [4.78, 5) is 28.1. The standard InChI is InChI=1S/C19H16BrN3O3/c20-13-6-12-15(7-14(13)21)22-17(24)19(12)8-11-9-26-16(23(11)18(19)25)10-4-2-1-3-5-10/h1-7,11,16H,8-9,21H2,(H,22,24)/t11-,16+,19-/m1/s1. The Labute approximate surface area is 158 Å². The molecule has 3 heterocycles. The minimum absolute atomic E-state index is 0.124. The van der Waals surface area contributed by atoms with Gasteiger partial charge >= 0.3 is 0 Å². The number of nitrogen functional groups attached to an aromatic ring is 1. The van der Waals surface area contributed by atoms with Crippen molar-refractivity contribution < 1.29 is 14.3 Å². The van der Waals surface area contributed by atoms with Gasteiger partial charge in [-0.25, -0.2) is 0 Å². The highest BCUT2D eigenvalue weighted by molar-refractivity contribution is 9.10. The molecule has 0 aromatic heterocycles. The van der Waals surface area contributed by atoms with E-state index in [-0.39, 0.29) is 17.9 Å². The smallest absolute Gasteiger partial charge is 0.245 e. The van der Waals surface area contributed by atoms with Crippen LogP contribution in [0, 0.1) is 0 Å². The Balaban J connectivity index is 1.61. The Kier molecular flexibility index (Phi) is 3.24. The molecule has 2 aromatic carbocycles. The van der Waals surface area contributed by atoms with Crippen molar-refractivity contribution in [2.45, 2.75) is 24.1 Å². The van der Waals surface area contributed by atoms with E-state index in [0.29, 0.717) is 34.4 Å². The maximum atomic E-state index is 13.5. The van der Waals surface area contributed by atoms with Gasteiger partial charge in [-0.1, -0.05) is 30.3 Å². The number of benzene rings is 2. The van der Waals surface area contributed by atoms with Crippen molar-refractivity contribution in [1.82, 2.24) is 4.90 Å². The van der Waals surface area contributed by atoms with Crippen molar-refractivity contribution in [2.24, 2.45) is 0 Å². The zero-order valence-corrected chi connectivity index (χ0v) is 15.3. The van der Waals surface area contributed by atoms with Gasteiger partial charge in [0.2, 0.25) is 11.8 Å². The Hall–Kier alpha value is -2.38. The zero-order valence-electron chi connectivity index (χ0n) is 13.7. The predicted octanol–water partition coefficient (Wildman–Crippen LogP) is 2.55. The molecule has 7 heteroatoms. The Morgan fingerprint density at radius 2 is 2.00 bits per heavy atom. The molecule has 2 aromatic rings. The van der Waals surface area contributed by atoms with Crippen LogP contribution < -0.4 is 11.1 Å². The van der Waals surface area contributed by atoms with E-state index in [9.17, 15) is 9.59 Å². The fourth-order valence-electron chi connectivity index (χ4n) is 4.33. The predicted molar refractivity (Wildman–Crippen MR) is 99.2 cm³/mol. The number of fused-ring (bicyclic) bond motifs is 3. The summed E-state index contributed by atoms with van der Waals surface area (Å²) in [5.41, 5.74) is 7.48. The van der Waals surface area contributed by atoms with Crippen LogP contribution in [-0.4, -0.2) is 29.4 Å². The number of nitrogens with one attached hydrogen (secondary N) is 1. The number of carbonyl (C=O) groups excluding carboxylic acids is 2.